The number of aliphatic hydroxyl groups excluding tert-OH is 1. The summed E-state index contributed by atoms with van der Waals surface area (Å²) in [5.74, 6) is -0.329. The van der Waals surface area contributed by atoms with Crippen LogP contribution in [0.4, 0.5) is 11.6 Å². The molecule has 0 saturated carbocycles. The molecule has 1 aromatic carbocycles. The number of amides is 1. The fourth-order valence-electron chi connectivity index (χ4n) is 2.41. The monoisotopic (exact) mass is 288 g/mol. The molecule has 0 spiro atoms. The third-order valence-corrected chi connectivity index (χ3v) is 3.56. The Morgan fingerprint density at radius 2 is 2.14 bits per heavy atom. The SMILES string of the molecule is CN1C(=O)Cc2cc(C(O)c3ccc([N+](=O)[O-])o3)ccc21. The minimum Gasteiger partial charge on any atom is -0.403 e. The summed E-state index contributed by atoms with van der Waals surface area (Å²) in [7, 11) is 1.69. The predicted molar refractivity (Wildman–Crippen MR) is 73.0 cm³/mol. The first-order chi connectivity index (χ1) is 9.97. The average Bonchev–Trinajstić information content (AvgIpc) is 3.04. The molecule has 1 atom stereocenters. The van der Waals surface area contributed by atoms with Gasteiger partial charge in [0.1, 0.15) is 16.8 Å². The number of likely N-dealkylation sites (N-methyl/N-ethyl adjacent to an activating group) is 1. The number of furan rings is 1. The topological polar surface area (TPSA) is 96.8 Å². The Balaban J connectivity index is 1.92. The molecule has 1 amide bonds. The van der Waals surface area contributed by atoms with E-state index in [2.05, 4.69) is 0 Å². The van der Waals surface area contributed by atoms with Crippen molar-refractivity contribution in [2.24, 2.45) is 0 Å². The number of carbonyl (C=O) groups excluding carboxylic acids is 1. The first-order valence-corrected chi connectivity index (χ1v) is 6.29. The first-order valence-electron chi connectivity index (χ1n) is 6.29. The molecule has 1 aromatic heterocycles. The van der Waals surface area contributed by atoms with E-state index in [9.17, 15) is 20.0 Å². The van der Waals surface area contributed by atoms with E-state index in [1.54, 1.807) is 30.1 Å². The van der Waals surface area contributed by atoms with Crippen LogP contribution in [0.2, 0.25) is 0 Å². The second kappa shape index (κ2) is 4.71. The molecule has 0 bridgehead atoms. The summed E-state index contributed by atoms with van der Waals surface area (Å²) >= 11 is 0. The number of nitro groups is 1. The fraction of sp³-hybridized carbons (Fsp3) is 0.214. The van der Waals surface area contributed by atoms with Crippen molar-refractivity contribution in [3.05, 3.63) is 57.3 Å². The molecule has 0 aliphatic carbocycles. The van der Waals surface area contributed by atoms with Gasteiger partial charge in [-0.1, -0.05) is 12.1 Å². The van der Waals surface area contributed by atoms with E-state index in [-0.39, 0.29) is 18.1 Å². The zero-order chi connectivity index (χ0) is 15.1. The number of hydrogen-bond acceptors (Lipinski definition) is 5. The largest absolute Gasteiger partial charge is 0.433 e. The maximum atomic E-state index is 11.6. The van der Waals surface area contributed by atoms with Gasteiger partial charge in [0.15, 0.2) is 0 Å². The minimum absolute atomic E-state index is 0.00900. The zero-order valence-corrected chi connectivity index (χ0v) is 11.1. The van der Waals surface area contributed by atoms with Gasteiger partial charge in [-0.3, -0.25) is 14.9 Å². The third kappa shape index (κ3) is 2.17. The summed E-state index contributed by atoms with van der Waals surface area (Å²) in [6.45, 7) is 0. The van der Waals surface area contributed by atoms with Crippen LogP contribution >= 0.6 is 0 Å². The van der Waals surface area contributed by atoms with Crippen LogP contribution in [0.1, 0.15) is 23.0 Å². The third-order valence-electron chi connectivity index (χ3n) is 3.56. The summed E-state index contributed by atoms with van der Waals surface area (Å²) in [6, 6.07) is 7.70. The molecular weight excluding hydrogens is 276 g/mol. The number of fused-ring (bicyclic) bond motifs is 1. The van der Waals surface area contributed by atoms with Crippen molar-refractivity contribution < 1.29 is 19.2 Å². The van der Waals surface area contributed by atoms with E-state index >= 15 is 0 Å². The minimum atomic E-state index is -1.11. The lowest BCUT2D eigenvalue weighted by Crippen LogP contribution is -2.20. The highest BCUT2D eigenvalue weighted by atomic mass is 16.6. The lowest BCUT2D eigenvalue weighted by atomic mass is 10.0. The van der Waals surface area contributed by atoms with Crippen LogP contribution in [0.5, 0.6) is 0 Å². The van der Waals surface area contributed by atoms with Gasteiger partial charge >= 0.3 is 5.88 Å². The van der Waals surface area contributed by atoms with Crippen LogP contribution in [-0.2, 0) is 11.2 Å². The summed E-state index contributed by atoms with van der Waals surface area (Å²) in [4.78, 5) is 23.1. The van der Waals surface area contributed by atoms with E-state index in [0.717, 1.165) is 11.3 Å². The highest BCUT2D eigenvalue weighted by molar-refractivity contribution is 6.00. The van der Waals surface area contributed by atoms with Gasteiger partial charge in [-0.05, 0) is 23.3 Å². The average molecular weight is 288 g/mol. The van der Waals surface area contributed by atoms with Crippen molar-refractivity contribution in [2.75, 3.05) is 11.9 Å². The van der Waals surface area contributed by atoms with E-state index in [4.69, 9.17) is 4.42 Å². The van der Waals surface area contributed by atoms with Crippen LogP contribution in [-0.4, -0.2) is 23.0 Å². The maximum absolute atomic E-state index is 11.6. The van der Waals surface area contributed by atoms with Crippen molar-refractivity contribution in [1.82, 2.24) is 0 Å². The molecule has 21 heavy (non-hydrogen) atoms. The van der Waals surface area contributed by atoms with Crippen molar-refractivity contribution in [1.29, 1.82) is 0 Å². The highest BCUT2D eigenvalue weighted by Gasteiger charge is 2.26. The van der Waals surface area contributed by atoms with Crippen LogP contribution in [0.25, 0.3) is 0 Å². The molecule has 108 valence electrons. The second-order valence-electron chi connectivity index (χ2n) is 4.85. The number of benzene rings is 1. The molecule has 7 heteroatoms. The quantitative estimate of drug-likeness (QED) is 0.686. The molecule has 1 aliphatic rings. The normalized spacial score (nSPS) is 15.1. The van der Waals surface area contributed by atoms with Crippen molar-refractivity contribution in [3.8, 4) is 0 Å². The Labute approximate surface area is 119 Å². The van der Waals surface area contributed by atoms with E-state index < -0.39 is 16.9 Å². The standard InChI is InChI=1S/C14H12N2O5/c1-15-10-3-2-8(6-9(10)7-12(15)17)14(18)11-4-5-13(21-11)16(19)20/h2-6,14,18H,7H2,1H3. The lowest BCUT2D eigenvalue weighted by molar-refractivity contribution is -0.402. The van der Waals surface area contributed by atoms with Crippen molar-refractivity contribution in [3.63, 3.8) is 0 Å². The number of rotatable bonds is 3. The molecule has 2 aromatic rings. The highest BCUT2D eigenvalue weighted by Crippen LogP contribution is 2.33. The van der Waals surface area contributed by atoms with Gasteiger partial charge in [-0.15, -0.1) is 0 Å². The Morgan fingerprint density at radius 3 is 2.81 bits per heavy atom. The van der Waals surface area contributed by atoms with Gasteiger partial charge < -0.3 is 14.4 Å². The Hall–Kier alpha value is -2.67. The van der Waals surface area contributed by atoms with Crippen LogP contribution in [0, 0.1) is 10.1 Å². The zero-order valence-electron chi connectivity index (χ0n) is 11.1. The summed E-state index contributed by atoms with van der Waals surface area (Å²) in [5.41, 5.74) is 2.16. The maximum Gasteiger partial charge on any atom is 0.433 e. The summed E-state index contributed by atoms with van der Waals surface area (Å²) in [5, 5.41) is 20.8. The number of aliphatic hydroxyl groups is 1. The van der Waals surface area contributed by atoms with Gasteiger partial charge in [0, 0.05) is 12.7 Å². The lowest BCUT2D eigenvalue weighted by Gasteiger charge is -2.12. The Bertz CT molecular complexity index is 737. The Kier molecular flexibility index (Phi) is 2.99. The molecule has 1 N–H and O–H groups in total. The van der Waals surface area contributed by atoms with Gasteiger partial charge in [0.25, 0.3) is 0 Å². The molecule has 1 aliphatic heterocycles. The molecule has 0 saturated heterocycles. The van der Waals surface area contributed by atoms with Crippen molar-refractivity contribution >= 4 is 17.5 Å². The fourth-order valence-corrected chi connectivity index (χ4v) is 2.41. The van der Waals surface area contributed by atoms with Gasteiger partial charge in [0.2, 0.25) is 5.91 Å². The van der Waals surface area contributed by atoms with Crippen molar-refractivity contribution in [2.45, 2.75) is 12.5 Å². The van der Waals surface area contributed by atoms with Crippen LogP contribution in [0.15, 0.2) is 34.7 Å². The number of anilines is 1. The van der Waals surface area contributed by atoms with Crippen LogP contribution in [0.3, 0.4) is 0 Å². The van der Waals surface area contributed by atoms with Gasteiger partial charge in [0.05, 0.1) is 12.5 Å². The molecule has 7 nitrogen and oxygen atoms in total. The van der Waals surface area contributed by atoms with E-state index in [1.165, 1.54) is 12.1 Å². The number of carbonyl (C=O) groups is 1. The van der Waals surface area contributed by atoms with E-state index in [0.29, 0.717) is 5.56 Å². The molecular formula is C14H12N2O5. The summed E-state index contributed by atoms with van der Waals surface area (Å²) < 4.78 is 5.00. The van der Waals surface area contributed by atoms with E-state index in [1.807, 2.05) is 0 Å². The van der Waals surface area contributed by atoms with Gasteiger partial charge in [-0.25, -0.2) is 0 Å². The smallest absolute Gasteiger partial charge is 0.403 e. The molecule has 2 heterocycles. The number of hydrogen-bond donors (Lipinski definition) is 1. The molecule has 1 unspecified atom stereocenters. The second-order valence-corrected chi connectivity index (χ2v) is 4.85. The Morgan fingerprint density at radius 1 is 1.38 bits per heavy atom. The summed E-state index contributed by atoms with van der Waals surface area (Å²) in [6.07, 6.45) is -0.824. The predicted octanol–water partition coefficient (Wildman–Crippen LogP) is 1.79. The first kappa shape index (κ1) is 13.3. The van der Waals surface area contributed by atoms with Crippen LogP contribution < -0.4 is 4.90 Å². The van der Waals surface area contributed by atoms with Gasteiger partial charge in [-0.2, -0.15) is 0 Å². The molecule has 0 fully saturated rings. The molecule has 0 radical (unpaired) electrons. The molecule has 3 rings (SSSR count). The number of nitrogens with zero attached hydrogens (tertiary/aromatic N) is 2.